The Bertz CT molecular complexity index is 509. The predicted molar refractivity (Wildman–Crippen MR) is 76.9 cm³/mol. The summed E-state index contributed by atoms with van der Waals surface area (Å²) in [5.41, 5.74) is 0. The number of piperazine rings is 1. The summed E-state index contributed by atoms with van der Waals surface area (Å²) in [7, 11) is 0. The monoisotopic (exact) mass is 273 g/mol. The van der Waals surface area contributed by atoms with E-state index in [9.17, 15) is 4.79 Å². The molecule has 0 saturated carbocycles. The summed E-state index contributed by atoms with van der Waals surface area (Å²) >= 11 is 0. The Morgan fingerprint density at radius 2 is 2.25 bits per heavy atom. The van der Waals surface area contributed by atoms with Gasteiger partial charge in [0.2, 0.25) is 5.91 Å². The van der Waals surface area contributed by atoms with Crippen LogP contribution in [-0.4, -0.2) is 66.5 Å². The van der Waals surface area contributed by atoms with Crippen molar-refractivity contribution in [2.24, 2.45) is 4.99 Å². The third kappa shape index (κ3) is 2.25. The van der Waals surface area contributed by atoms with Gasteiger partial charge in [0.1, 0.15) is 12.1 Å². The maximum absolute atomic E-state index is 12.1. The molecule has 0 radical (unpaired) electrons. The molecule has 0 aromatic rings. The average molecular weight is 273 g/mol. The number of nitrogens with zero attached hydrogens (tertiary/aromatic N) is 3. The van der Waals surface area contributed by atoms with Gasteiger partial charge in [-0.2, -0.15) is 0 Å². The third-order valence-corrected chi connectivity index (χ3v) is 3.79. The lowest BCUT2D eigenvalue weighted by Crippen LogP contribution is -2.56. The summed E-state index contributed by atoms with van der Waals surface area (Å²) in [5, 5.41) is 6.10. The Hall–Kier alpha value is -2.00. The van der Waals surface area contributed by atoms with Crippen molar-refractivity contribution < 1.29 is 4.79 Å². The van der Waals surface area contributed by atoms with Gasteiger partial charge in [-0.25, -0.2) is 4.99 Å². The van der Waals surface area contributed by atoms with E-state index in [1.807, 2.05) is 17.9 Å². The van der Waals surface area contributed by atoms with Crippen LogP contribution in [0.5, 0.6) is 0 Å². The highest BCUT2D eigenvalue weighted by atomic mass is 16.2. The van der Waals surface area contributed by atoms with Crippen LogP contribution in [0.4, 0.5) is 0 Å². The van der Waals surface area contributed by atoms with E-state index in [1.54, 1.807) is 6.20 Å². The molecule has 0 spiro atoms. The van der Waals surface area contributed by atoms with Crippen molar-refractivity contribution in [1.29, 1.82) is 0 Å². The molecule has 0 aromatic heterocycles. The van der Waals surface area contributed by atoms with Crippen LogP contribution in [0.2, 0.25) is 0 Å². The lowest BCUT2D eigenvalue weighted by atomic mass is 10.1. The van der Waals surface area contributed by atoms with E-state index >= 15 is 0 Å². The van der Waals surface area contributed by atoms with Crippen molar-refractivity contribution in [3.05, 3.63) is 12.3 Å². The highest BCUT2D eigenvalue weighted by molar-refractivity contribution is 5.94. The van der Waals surface area contributed by atoms with Crippen molar-refractivity contribution in [1.82, 2.24) is 20.4 Å². The first kappa shape index (κ1) is 13.0. The lowest BCUT2D eigenvalue weighted by Gasteiger charge is -2.35. The van der Waals surface area contributed by atoms with E-state index in [0.717, 1.165) is 32.1 Å². The minimum Gasteiger partial charge on any atom is -0.340 e. The summed E-state index contributed by atoms with van der Waals surface area (Å²) in [6.07, 6.45) is 3.64. The molecule has 20 heavy (non-hydrogen) atoms. The number of guanidine groups is 1. The van der Waals surface area contributed by atoms with Gasteiger partial charge in [0.05, 0.1) is 6.54 Å². The molecule has 3 rings (SSSR count). The van der Waals surface area contributed by atoms with Crippen molar-refractivity contribution >= 4 is 11.9 Å². The Morgan fingerprint density at radius 3 is 3.00 bits per heavy atom. The molecule has 2 N–H and O–H groups in total. The minimum absolute atomic E-state index is 0.00397. The molecule has 2 unspecified atom stereocenters. The number of hydrogen-bond donors (Lipinski definition) is 2. The average Bonchev–Trinajstić information content (AvgIpc) is 2.86. The smallest absolute Gasteiger partial charge is 0.249 e. The third-order valence-electron chi connectivity index (χ3n) is 3.79. The maximum atomic E-state index is 12.1. The zero-order valence-corrected chi connectivity index (χ0v) is 11.6. The van der Waals surface area contributed by atoms with Crippen molar-refractivity contribution in [2.45, 2.75) is 19.0 Å². The molecule has 6 nitrogen and oxygen atoms in total. The highest BCUT2D eigenvalue weighted by Gasteiger charge is 2.42. The molecule has 0 aromatic carbocycles. The zero-order chi connectivity index (χ0) is 13.9. The fourth-order valence-corrected chi connectivity index (χ4v) is 2.81. The van der Waals surface area contributed by atoms with Gasteiger partial charge in [0.25, 0.3) is 0 Å². The van der Waals surface area contributed by atoms with Gasteiger partial charge in [-0.05, 0) is 13.0 Å². The Labute approximate surface area is 118 Å². The normalized spacial score (nSPS) is 28.4. The molecule has 1 fully saturated rings. The van der Waals surface area contributed by atoms with E-state index < -0.39 is 0 Å². The zero-order valence-electron chi connectivity index (χ0n) is 11.6. The Balaban J connectivity index is 1.87. The summed E-state index contributed by atoms with van der Waals surface area (Å²) in [6, 6.07) is -0.349. The van der Waals surface area contributed by atoms with Crippen LogP contribution < -0.4 is 10.6 Å². The molecule has 6 heteroatoms. The van der Waals surface area contributed by atoms with Gasteiger partial charge in [0.15, 0.2) is 5.96 Å². The molecule has 1 saturated heterocycles. The minimum atomic E-state index is -0.259. The first-order valence-corrected chi connectivity index (χ1v) is 6.98. The van der Waals surface area contributed by atoms with Crippen molar-refractivity contribution in [3.8, 4) is 11.8 Å². The highest BCUT2D eigenvalue weighted by Crippen LogP contribution is 2.23. The maximum Gasteiger partial charge on any atom is 0.249 e. The summed E-state index contributed by atoms with van der Waals surface area (Å²) in [4.78, 5) is 21.1. The quantitative estimate of drug-likeness (QED) is 0.600. The van der Waals surface area contributed by atoms with Gasteiger partial charge in [-0.3, -0.25) is 4.79 Å². The largest absolute Gasteiger partial charge is 0.340 e. The van der Waals surface area contributed by atoms with Crippen LogP contribution >= 0.6 is 0 Å². The van der Waals surface area contributed by atoms with E-state index in [1.165, 1.54) is 0 Å². The van der Waals surface area contributed by atoms with E-state index in [-0.39, 0.29) is 18.0 Å². The van der Waals surface area contributed by atoms with Gasteiger partial charge >= 0.3 is 0 Å². The number of carbonyl (C=O) groups excluding carboxylic acids is 1. The number of amides is 1. The Kier molecular flexibility index (Phi) is 3.61. The van der Waals surface area contributed by atoms with Gasteiger partial charge in [-0.15, -0.1) is 5.92 Å². The van der Waals surface area contributed by atoms with E-state index in [2.05, 4.69) is 27.4 Å². The van der Waals surface area contributed by atoms with Gasteiger partial charge < -0.3 is 20.4 Å². The van der Waals surface area contributed by atoms with Crippen molar-refractivity contribution in [2.75, 3.05) is 32.7 Å². The number of nitrogens with one attached hydrogen (secondary N) is 2. The molecule has 2 atom stereocenters. The molecule has 3 aliphatic heterocycles. The van der Waals surface area contributed by atoms with Crippen LogP contribution in [0.3, 0.4) is 0 Å². The number of fused-ring (bicyclic) bond motifs is 1. The van der Waals surface area contributed by atoms with E-state index in [4.69, 9.17) is 4.99 Å². The lowest BCUT2D eigenvalue weighted by molar-refractivity contribution is -0.124. The molecular weight excluding hydrogens is 254 g/mol. The summed E-state index contributed by atoms with van der Waals surface area (Å²) in [5.74, 6) is 6.87. The molecule has 3 heterocycles. The first-order valence-electron chi connectivity index (χ1n) is 6.98. The number of aliphatic imine (C=N–C) groups is 1. The summed E-state index contributed by atoms with van der Waals surface area (Å²) in [6.45, 7) is 6.09. The molecular formula is C14H19N5O. The molecule has 1 amide bonds. The summed E-state index contributed by atoms with van der Waals surface area (Å²) < 4.78 is 0. The fourth-order valence-electron chi connectivity index (χ4n) is 2.81. The van der Waals surface area contributed by atoms with Crippen LogP contribution in [-0.2, 0) is 4.79 Å². The van der Waals surface area contributed by atoms with E-state index in [0.29, 0.717) is 6.54 Å². The predicted octanol–water partition coefficient (Wildman–Crippen LogP) is -1.03. The Morgan fingerprint density at radius 1 is 1.45 bits per heavy atom. The molecule has 0 bridgehead atoms. The number of rotatable bonds is 1. The molecule has 0 aliphatic carbocycles. The molecule has 106 valence electrons. The second-order valence-electron chi connectivity index (χ2n) is 5.02. The second kappa shape index (κ2) is 5.55. The number of hydrogen-bond acceptors (Lipinski definition) is 5. The van der Waals surface area contributed by atoms with Gasteiger partial charge in [0, 0.05) is 32.4 Å². The van der Waals surface area contributed by atoms with Crippen molar-refractivity contribution in [3.63, 3.8) is 0 Å². The fraction of sp³-hybridized carbons (Fsp3) is 0.571. The number of carbonyl (C=O) groups is 1. The second-order valence-corrected chi connectivity index (χ2v) is 5.02. The van der Waals surface area contributed by atoms with Gasteiger partial charge in [-0.1, -0.05) is 5.92 Å². The topological polar surface area (TPSA) is 60.0 Å². The van der Waals surface area contributed by atoms with Crippen LogP contribution in [0.15, 0.2) is 17.3 Å². The standard InChI is InChI=1S/C14H19N5O/c1-2-3-8-19-12-11(4-5-16-13(12)20)17-14(19)18-9-6-15-7-10-18/h4-5,11-12,15H,6-10H2,1H3,(H,16,20). The molecule has 3 aliphatic rings. The SMILES string of the molecule is CC#CCN1C(N2CCNCC2)=NC2C=CNC(=O)C21. The van der Waals surface area contributed by atoms with Crippen LogP contribution in [0, 0.1) is 11.8 Å². The first-order chi connectivity index (χ1) is 9.81. The van der Waals surface area contributed by atoms with Crippen LogP contribution in [0.1, 0.15) is 6.92 Å². The van der Waals surface area contributed by atoms with Crippen LogP contribution in [0.25, 0.3) is 0 Å².